The molecule has 24 heavy (non-hydrogen) atoms. The molecule has 0 amide bonds. The fraction of sp³-hybridized carbons (Fsp3) is 0.118. The van der Waals surface area contributed by atoms with Gasteiger partial charge in [-0.1, -0.05) is 12.1 Å². The first-order valence-corrected chi connectivity index (χ1v) is 8.27. The van der Waals surface area contributed by atoms with Gasteiger partial charge in [0.05, 0.1) is 17.8 Å². The van der Waals surface area contributed by atoms with Gasteiger partial charge in [0, 0.05) is 11.6 Å². The Morgan fingerprint density at radius 3 is 2.88 bits per heavy atom. The molecule has 4 rings (SSSR count). The van der Waals surface area contributed by atoms with Crippen molar-refractivity contribution in [1.82, 2.24) is 14.5 Å². The summed E-state index contributed by atoms with van der Waals surface area (Å²) in [5.41, 5.74) is 0.0910. The van der Waals surface area contributed by atoms with Gasteiger partial charge in [-0.15, -0.1) is 11.3 Å². The van der Waals surface area contributed by atoms with Crippen molar-refractivity contribution < 1.29 is 4.74 Å². The molecule has 0 aliphatic carbocycles. The highest BCUT2D eigenvalue weighted by atomic mass is 32.1. The number of aromatic amines is 1. The normalized spacial score (nSPS) is 11.2. The van der Waals surface area contributed by atoms with E-state index in [4.69, 9.17) is 4.74 Å². The third kappa shape index (κ3) is 2.13. The van der Waals surface area contributed by atoms with E-state index in [0.717, 1.165) is 14.8 Å². The monoisotopic (exact) mass is 339 g/mol. The van der Waals surface area contributed by atoms with Gasteiger partial charge in [-0.2, -0.15) is 0 Å². The number of para-hydroxylation sites is 2. The smallest absolute Gasteiger partial charge is 0.333 e. The first-order chi connectivity index (χ1) is 11.7. The molecule has 7 heteroatoms. The lowest BCUT2D eigenvalue weighted by Gasteiger charge is -2.11. The number of H-pyrrole nitrogens is 1. The highest BCUT2D eigenvalue weighted by molar-refractivity contribution is 7.25. The van der Waals surface area contributed by atoms with Crippen molar-refractivity contribution in [2.75, 3.05) is 6.61 Å². The zero-order valence-electron chi connectivity index (χ0n) is 12.8. The van der Waals surface area contributed by atoms with Crippen molar-refractivity contribution >= 4 is 31.8 Å². The lowest BCUT2D eigenvalue weighted by Crippen LogP contribution is -2.33. The molecule has 6 nitrogen and oxygen atoms in total. The molecule has 0 bridgehead atoms. The molecule has 0 saturated heterocycles. The van der Waals surface area contributed by atoms with Gasteiger partial charge in [-0.3, -0.25) is 4.79 Å². The number of fused-ring (bicyclic) bond motifs is 3. The lowest BCUT2D eigenvalue weighted by atomic mass is 10.2. The number of aromatic nitrogens is 3. The van der Waals surface area contributed by atoms with Crippen LogP contribution in [-0.2, 0) is 0 Å². The summed E-state index contributed by atoms with van der Waals surface area (Å²) in [5.74, 6) is 0.492. The first-order valence-electron chi connectivity index (χ1n) is 7.45. The van der Waals surface area contributed by atoms with Crippen LogP contribution in [0.1, 0.15) is 6.92 Å². The Morgan fingerprint density at radius 2 is 2.04 bits per heavy atom. The number of benzene rings is 1. The Bertz CT molecular complexity index is 1170. The third-order valence-corrected chi connectivity index (χ3v) is 4.81. The molecule has 3 aromatic heterocycles. The van der Waals surface area contributed by atoms with E-state index in [1.165, 1.54) is 11.3 Å². The number of thiophene rings is 1. The standard InChI is InChI=1S/C17H13N3O3S/c1-2-23-12-8-4-3-7-11(12)20-16(21)14-13(19-17(20)22)10-6-5-9-18-15(10)24-14/h3-9H,2H2,1H3,(H,19,22). The molecule has 0 aliphatic rings. The quantitative estimate of drug-likeness (QED) is 0.622. The van der Waals surface area contributed by atoms with Crippen LogP contribution in [0.5, 0.6) is 5.75 Å². The minimum absolute atomic E-state index is 0.371. The Morgan fingerprint density at radius 1 is 1.21 bits per heavy atom. The molecule has 4 aromatic rings. The minimum atomic E-state index is -0.497. The highest BCUT2D eigenvalue weighted by Crippen LogP contribution is 2.28. The number of pyridine rings is 1. The predicted octanol–water partition coefficient (Wildman–Crippen LogP) is 2.69. The fourth-order valence-corrected chi connectivity index (χ4v) is 3.73. The summed E-state index contributed by atoms with van der Waals surface area (Å²) >= 11 is 1.27. The lowest BCUT2D eigenvalue weighted by molar-refractivity contribution is 0.338. The van der Waals surface area contributed by atoms with E-state index in [9.17, 15) is 9.59 Å². The Hall–Kier alpha value is -2.93. The van der Waals surface area contributed by atoms with Crippen molar-refractivity contribution in [1.29, 1.82) is 0 Å². The van der Waals surface area contributed by atoms with E-state index in [-0.39, 0.29) is 5.56 Å². The summed E-state index contributed by atoms with van der Waals surface area (Å²) in [5, 5.41) is 0.775. The average Bonchev–Trinajstić information content (AvgIpc) is 2.96. The number of ether oxygens (including phenoxy) is 1. The molecule has 0 aliphatic heterocycles. The van der Waals surface area contributed by atoms with Gasteiger partial charge in [0.2, 0.25) is 0 Å². The Balaban J connectivity index is 2.09. The Kier molecular flexibility index (Phi) is 3.42. The van der Waals surface area contributed by atoms with E-state index in [1.807, 2.05) is 13.0 Å². The first kappa shape index (κ1) is 14.6. The largest absolute Gasteiger partial charge is 0.492 e. The van der Waals surface area contributed by atoms with Gasteiger partial charge < -0.3 is 9.72 Å². The predicted molar refractivity (Wildman–Crippen MR) is 94.5 cm³/mol. The molecule has 0 unspecified atom stereocenters. The molecule has 0 atom stereocenters. The van der Waals surface area contributed by atoms with Crippen molar-refractivity contribution in [3.63, 3.8) is 0 Å². The zero-order valence-corrected chi connectivity index (χ0v) is 13.6. The number of rotatable bonds is 3. The number of hydrogen-bond acceptors (Lipinski definition) is 5. The summed E-state index contributed by atoms with van der Waals surface area (Å²) in [7, 11) is 0. The van der Waals surface area contributed by atoms with Crippen molar-refractivity contribution in [3.05, 3.63) is 63.4 Å². The van der Waals surface area contributed by atoms with Crippen LogP contribution in [-0.4, -0.2) is 21.1 Å². The molecule has 120 valence electrons. The molecule has 0 spiro atoms. The maximum atomic E-state index is 12.9. The van der Waals surface area contributed by atoms with E-state index in [0.29, 0.717) is 28.3 Å². The summed E-state index contributed by atoms with van der Waals surface area (Å²) in [6.07, 6.45) is 1.67. The van der Waals surface area contributed by atoms with Crippen LogP contribution in [0.4, 0.5) is 0 Å². The van der Waals surface area contributed by atoms with Crippen LogP contribution in [0.3, 0.4) is 0 Å². The van der Waals surface area contributed by atoms with Crippen molar-refractivity contribution in [2.24, 2.45) is 0 Å². The van der Waals surface area contributed by atoms with Crippen LogP contribution in [0.15, 0.2) is 52.2 Å². The van der Waals surface area contributed by atoms with E-state index in [1.54, 1.807) is 36.5 Å². The molecule has 0 saturated carbocycles. The van der Waals surface area contributed by atoms with E-state index < -0.39 is 5.69 Å². The number of hydrogen-bond donors (Lipinski definition) is 1. The number of nitrogens with one attached hydrogen (secondary N) is 1. The van der Waals surface area contributed by atoms with Crippen LogP contribution >= 0.6 is 11.3 Å². The average molecular weight is 339 g/mol. The second-order valence-electron chi connectivity index (χ2n) is 5.13. The van der Waals surface area contributed by atoms with Gasteiger partial charge in [0.1, 0.15) is 15.3 Å². The van der Waals surface area contributed by atoms with Crippen LogP contribution in [0.25, 0.3) is 26.1 Å². The van der Waals surface area contributed by atoms with Gasteiger partial charge in [-0.25, -0.2) is 14.3 Å². The maximum absolute atomic E-state index is 12.9. The fourth-order valence-electron chi connectivity index (χ4n) is 2.70. The van der Waals surface area contributed by atoms with Crippen LogP contribution < -0.4 is 16.0 Å². The van der Waals surface area contributed by atoms with Gasteiger partial charge in [0.25, 0.3) is 5.56 Å². The summed E-state index contributed by atoms with van der Waals surface area (Å²) in [6.45, 7) is 2.30. The summed E-state index contributed by atoms with van der Waals surface area (Å²) < 4.78 is 7.13. The van der Waals surface area contributed by atoms with E-state index >= 15 is 0 Å². The van der Waals surface area contributed by atoms with Gasteiger partial charge >= 0.3 is 5.69 Å². The SMILES string of the molecule is CCOc1ccccc1-n1c(=O)[nH]c2c(sc3ncccc32)c1=O. The second kappa shape index (κ2) is 5.61. The van der Waals surface area contributed by atoms with Gasteiger partial charge in [0.15, 0.2) is 0 Å². The van der Waals surface area contributed by atoms with Crippen molar-refractivity contribution in [2.45, 2.75) is 6.92 Å². The molecule has 0 radical (unpaired) electrons. The molecule has 0 fully saturated rings. The number of nitrogens with zero attached hydrogens (tertiary/aromatic N) is 2. The van der Waals surface area contributed by atoms with E-state index in [2.05, 4.69) is 9.97 Å². The molecular weight excluding hydrogens is 326 g/mol. The van der Waals surface area contributed by atoms with Crippen molar-refractivity contribution in [3.8, 4) is 11.4 Å². The summed E-state index contributed by atoms with van der Waals surface area (Å²) in [6, 6.07) is 10.6. The van der Waals surface area contributed by atoms with Gasteiger partial charge in [-0.05, 0) is 31.2 Å². The molecule has 1 aromatic carbocycles. The zero-order chi connectivity index (χ0) is 16.7. The second-order valence-corrected chi connectivity index (χ2v) is 6.13. The van der Waals surface area contributed by atoms with Crippen LogP contribution in [0, 0.1) is 0 Å². The Labute approximate surface area is 140 Å². The third-order valence-electron chi connectivity index (χ3n) is 3.70. The minimum Gasteiger partial charge on any atom is -0.492 e. The maximum Gasteiger partial charge on any atom is 0.333 e. The topological polar surface area (TPSA) is 77.0 Å². The molecular formula is C17H13N3O3S. The van der Waals surface area contributed by atoms with Crippen LogP contribution in [0.2, 0.25) is 0 Å². The summed E-state index contributed by atoms with van der Waals surface area (Å²) in [4.78, 5) is 33.3. The molecule has 1 N–H and O–H groups in total. The molecule has 3 heterocycles. The highest BCUT2D eigenvalue weighted by Gasteiger charge is 2.17.